The third-order valence-electron chi connectivity index (χ3n) is 2.31. The van der Waals surface area contributed by atoms with Gasteiger partial charge in [-0.05, 0) is 42.0 Å². The van der Waals surface area contributed by atoms with Gasteiger partial charge >= 0.3 is 0 Å². The summed E-state index contributed by atoms with van der Waals surface area (Å²) in [6.07, 6.45) is 3.51. The number of pyridine rings is 1. The molecule has 0 unspecified atom stereocenters. The molecule has 3 heteroatoms. The number of aromatic nitrogens is 1. The van der Waals surface area contributed by atoms with Crippen molar-refractivity contribution in [2.24, 2.45) is 0 Å². The summed E-state index contributed by atoms with van der Waals surface area (Å²) >= 11 is 5.50. The van der Waals surface area contributed by atoms with E-state index < -0.39 is 0 Å². The molecule has 0 saturated heterocycles. The number of hydrogen-bond donors (Lipinski definition) is 0. The molecule has 0 bridgehead atoms. The second kappa shape index (κ2) is 6.68. The van der Waals surface area contributed by atoms with E-state index in [1.165, 1.54) is 0 Å². The molecular formula is C15H12ClNO. The van der Waals surface area contributed by atoms with Gasteiger partial charge in [0.05, 0.1) is 5.88 Å². The fourth-order valence-corrected chi connectivity index (χ4v) is 1.48. The van der Waals surface area contributed by atoms with Crippen molar-refractivity contribution in [3.63, 3.8) is 0 Å². The van der Waals surface area contributed by atoms with Crippen LogP contribution in [-0.4, -0.2) is 10.9 Å². The lowest BCUT2D eigenvalue weighted by Gasteiger charge is -2.05. The van der Waals surface area contributed by atoms with Crippen LogP contribution >= 0.6 is 11.6 Å². The molecule has 0 saturated carbocycles. The van der Waals surface area contributed by atoms with Gasteiger partial charge in [-0.25, -0.2) is 0 Å². The van der Waals surface area contributed by atoms with Crippen LogP contribution in [0.4, 0.5) is 0 Å². The summed E-state index contributed by atoms with van der Waals surface area (Å²) in [7, 11) is 0. The molecule has 2 aromatic rings. The SMILES string of the molecule is ClCC#Cc1ccc(OCc2ccncc2)cc1. The highest BCUT2D eigenvalue weighted by Crippen LogP contribution is 2.13. The van der Waals surface area contributed by atoms with Crippen LogP contribution in [-0.2, 0) is 6.61 Å². The third kappa shape index (κ3) is 3.80. The highest BCUT2D eigenvalue weighted by Gasteiger charge is 1.95. The largest absolute Gasteiger partial charge is 0.489 e. The molecule has 0 aliphatic carbocycles. The van der Waals surface area contributed by atoms with Crippen LogP contribution in [0, 0.1) is 11.8 Å². The topological polar surface area (TPSA) is 22.1 Å². The number of alkyl halides is 1. The Morgan fingerprint density at radius 3 is 2.44 bits per heavy atom. The van der Waals surface area contributed by atoms with Crippen LogP contribution in [0.25, 0.3) is 0 Å². The van der Waals surface area contributed by atoms with Crippen LogP contribution < -0.4 is 4.74 Å². The third-order valence-corrected chi connectivity index (χ3v) is 2.44. The molecule has 0 N–H and O–H groups in total. The van der Waals surface area contributed by atoms with Crippen LogP contribution in [0.3, 0.4) is 0 Å². The number of ether oxygens (including phenoxy) is 1. The fourth-order valence-electron chi connectivity index (χ4n) is 1.42. The Bertz CT molecular complexity index is 540. The molecule has 2 rings (SSSR count). The van der Waals surface area contributed by atoms with E-state index in [-0.39, 0.29) is 0 Å². The summed E-state index contributed by atoms with van der Waals surface area (Å²) in [4.78, 5) is 3.96. The van der Waals surface area contributed by atoms with Gasteiger partial charge in [0.1, 0.15) is 12.4 Å². The lowest BCUT2D eigenvalue weighted by molar-refractivity contribution is 0.306. The van der Waals surface area contributed by atoms with Crippen molar-refractivity contribution in [2.75, 3.05) is 5.88 Å². The molecule has 0 spiro atoms. The van der Waals surface area contributed by atoms with Crippen molar-refractivity contribution < 1.29 is 4.74 Å². The van der Waals surface area contributed by atoms with Gasteiger partial charge < -0.3 is 4.74 Å². The summed E-state index contributed by atoms with van der Waals surface area (Å²) in [5.41, 5.74) is 2.03. The van der Waals surface area contributed by atoms with Gasteiger partial charge in [0.25, 0.3) is 0 Å². The predicted molar refractivity (Wildman–Crippen MR) is 72.6 cm³/mol. The normalized spacial score (nSPS) is 9.39. The van der Waals surface area contributed by atoms with Crippen LogP contribution in [0.5, 0.6) is 5.75 Å². The summed E-state index contributed by atoms with van der Waals surface area (Å²) in [6, 6.07) is 11.5. The van der Waals surface area contributed by atoms with E-state index in [4.69, 9.17) is 16.3 Å². The monoisotopic (exact) mass is 257 g/mol. The molecule has 0 radical (unpaired) electrons. The number of rotatable bonds is 3. The molecule has 0 aliphatic heterocycles. The standard InChI is InChI=1S/C15H12ClNO/c16-9-1-2-13-3-5-15(6-4-13)18-12-14-7-10-17-11-8-14/h3-8,10-11H,9,12H2. The van der Waals surface area contributed by atoms with Gasteiger partial charge in [-0.1, -0.05) is 11.8 Å². The molecular weight excluding hydrogens is 246 g/mol. The average Bonchev–Trinajstić information content (AvgIpc) is 2.45. The minimum Gasteiger partial charge on any atom is -0.489 e. The lowest BCUT2D eigenvalue weighted by Crippen LogP contribution is -1.95. The first-order valence-corrected chi connectivity index (χ1v) is 6.08. The van der Waals surface area contributed by atoms with Crippen LogP contribution in [0.2, 0.25) is 0 Å². The highest BCUT2D eigenvalue weighted by atomic mass is 35.5. The maximum atomic E-state index is 5.65. The second-order valence-corrected chi connectivity index (χ2v) is 3.87. The summed E-state index contributed by atoms with van der Waals surface area (Å²) < 4.78 is 5.65. The molecule has 0 fully saturated rings. The van der Waals surface area contributed by atoms with Crippen molar-refractivity contribution in [1.29, 1.82) is 0 Å². The maximum Gasteiger partial charge on any atom is 0.119 e. The smallest absolute Gasteiger partial charge is 0.119 e. The van der Waals surface area contributed by atoms with Crippen molar-refractivity contribution in [2.45, 2.75) is 6.61 Å². The molecule has 18 heavy (non-hydrogen) atoms. The molecule has 1 heterocycles. The minimum absolute atomic E-state index is 0.348. The minimum atomic E-state index is 0.348. The van der Waals surface area contributed by atoms with Gasteiger partial charge in [-0.15, -0.1) is 11.6 Å². The highest BCUT2D eigenvalue weighted by molar-refractivity contribution is 6.19. The first-order valence-electron chi connectivity index (χ1n) is 5.55. The Kier molecular flexibility index (Phi) is 4.63. The molecule has 90 valence electrons. The second-order valence-electron chi connectivity index (χ2n) is 3.60. The van der Waals surface area contributed by atoms with Crippen molar-refractivity contribution >= 4 is 11.6 Å². The summed E-state index contributed by atoms with van der Waals surface area (Å²) in [6.45, 7) is 0.537. The molecule has 0 amide bonds. The van der Waals surface area contributed by atoms with E-state index in [1.54, 1.807) is 12.4 Å². The maximum absolute atomic E-state index is 5.65. The Morgan fingerprint density at radius 1 is 1.06 bits per heavy atom. The zero-order chi connectivity index (χ0) is 12.6. The first-order chi connectivity index (χ1) is 8.88. The summed E-state index contributed by atoms with van der Waals surface area (Å²) in [5.74, 6) is 6.93. The van der Waals surface area contributed by atoms with E-state index in [0.29, 0.717) is 12.5 Å². The van der Waals surface area contributed by atoms with Crippen LogP contribution in [0.1, 0.15) is 11.1 Å². The average molecular weight is 258 g/mol. The van der Waals surface area contributed by atoms with E-state index in [0.717, 1.165) is 16.9 Å². The lowest BCUT2D eigenvalue weighted by atomic mass is 10.2. The molecule has 2 nitrogen and oxygen atoms in total. The van der Waals surface area contributed by atoms with Crippen LogP contribution in [0.15, 0.2) is 48.8 Å². The number of nitrogens with zero attached hydrogens (tertiary/aromatic N) is 1. The van der Waals surface area contributed by atoms with Gasteiger partial charge in [-0.2, -0.15) is 0 Å². The zero-order valence-corrected chi connectivity index (χ0v) is 10.5. The molecule has 0 atom stereocenters. The zero-order valence-electron chi connectivity index (χ0n) is 9.77. The Balaban J connectivity index is 1.94. The van der Waals surface area contributed by atoms with Gasteiger partial charge in [0.2, 0.25) is 0 Å². The number of benzene rings is 1. The van der Waals surface area contributed by atoms with Gasteiger partial charge in [-0.3, -0.25) is 4.98 Å². The number of hydrogen-bond acceptors (Lipinski definition) is 2. The van der Waals surface area contributed by atoms with Gasteiger partial charge in [0.15, 0.2) is 0 Å². The number of halogens is 1. The molecule has 1 aromatic carbocycles. The predicted octanol–water partition coefficient (Wildman–Crippen LogP) is 3.25. The van der Waals surface area contributed by atoms with E-state index in [2.05, 4.69) is 16.8 Å². The Morgan fingerprint density at radius 2 is 1.78 bits per heavy atom. The summed E-state index contributed by atoms with van der Waals surface area (Å²) in [5, 5.41) is 0. The molecule has 1 aromatic heterocycles. The molecule has 0 aliphatic rings. The van der Waals surface area contributed by atoms with Crippen molar-refractivity contribution in [3.05, 3.63) is 59.9 Å². The quantitative estimate of drug-likeness (QED) is 0.622. The Labute approximate surface area is 112 Å². The fraction of sp³-hybridized carbons (Fsp3) is 0.133. The van der Waals surface area contributed by atoms with E-state index in [1.807, 2.05) is 36.4 Å². The van der Waals surface area contributed by atoms with Gasteiger partial charge in [0, 0.05) is 18.0 Å². The van der Waals surface area contributed by atoms with Crippen molar-refractivity contribution in [1.82, 2.24) is 4.98 Å². The van der Waals surface area contributed by atoms with E-state index >= 15 is 0 Å². The van der Waals surface area contributed by atoms with Crippen molar-refractivity contribution in [3.8, 4) is 17.6 Å². The first kappa shape index (κ1) is 12.5. The Hall–Kier alpha value is -1.98. The van der Waals surface area contributed by atoms with E-state index in [9.17, 15) is 0 Å².